The molecule has 2 fully saturated rings. The smallest absolute Gasteiger partial charge is 0.253 e. The van der Waals surface area contributed by atoms with Gasteiger partial charge < -0.3 is 9.47 Å². The van der Waals surface area contributed by atoms with Crippen LogP contribution in [0.2, 0.25) is 0 Å². The molecule has 12 heteroatoms. The van der Waals surface area contributed by atoms with E-state index in [9.17, 15) is 13.2 Å². The highest BCUT2D eigenvalue weighted by molar-refractivity contribution is 7.91. The van der Waals surface area contributed by atoms with E-state index in [0.717, 1.165) is 55.2 Å². The first-order chi connectivity index (χ1) is 18.0. The fraction of sp³-hybridized carbons (Fsp3) is 0.520. The predicted molar refractivity (Wildman–Crippen MR) is 146 cm³/mol. The van der Waals surface area contributed by atoms with Crippen LogP contribution in [-0.2, 0) is 19.6 Å². The summed E-state index contributed by atoms with van der Waals surface area (Å²) < 4.78 is 40.4. The molecule has 0 saturated carbocycles. The van der Waals surface area contributed by atoms with Crippen molar-refractivity contribution in [2.24, 2.45) is 0 Å². The van der Waals surface area contributed by atoms with Gasteiger partial charge in [-0.3, -0.25) is 14.6 Å². The number of carbonyl (C=O) groups excluding carboxylic acids is 1. The normalized spacial score (nSPS) is 19.4. The van der Waals surface area contributed by atoms with Crippen LogP contribution in [0.1, 0.15) is 26.2 Å². The fourth-order valence-corrected chi connectivity index (χ4v) is 8.62. The molecule has 0 radical (unpaired) electrons. The van der Waals surface area contributed by atoms with Crippen molar-refractivity contribution >= 4 is 54.0 Å². The number of aromatic nitrogens is 1. The van der Waals surface area contributed by atoms with Crippen LogP contribution in [0.15, 0.2) is 39.9 Å². The van der Waals surface area contributed by atoms with Crippen molar-refractivity contribution in [1.29, 1.82) is 0 Å². The fourth-order valence-electron chi connectivity index (χ4n) is 4.82. The Kier molecular flexibility index (Phi) is 8.42. The maximum Gasteiger partial charge on any atom is 0.253 e. The third-order valence-electron chi connectivity index (χ3n) is 6.66. The molecule has 2 aliphatic heterocycles. The van der Waals surface area contributed by atoms with Gasteiger partial charge >= 0.3 is 0 Å². The second kappa shape index (κ2) is 11.7. The molecule has 5 rings (SSSR count). The van der Waals surface area contributed by atoms with Crippen LogP contribution in [0.5, 0.6) is 5.75 Å². The van der Waals surface area contributed by atoms with Crippen molar-refractivity contribution in [3.05, 3.63) is 35.7 Å². The number of carbonyl (C=O) groups is 1. The molecule has 1 aromatic carbocycles. The van der Waals surface area contributed by atoms with Gasteiger partial charge in [0.2, 0.25) is 5.91 Å². The van der Waals surface area contributed by atoms with Crippen LogP contribution < -0.4 is 9.64 Å². The van der Waals surface area contributed by atoms with Crippen LogP contribution in [-0.4, -0.2) is 87.1 Å². The zero-order chi connectivity index (χ0) is 25.8. The first kappa shape index (κ1) is 26.5. The number of morpholine rings is 1. The molecule has 0 aliphatic carbocycles. The van der Waals surface area contributed by atoms with Crippen LogP contribution in [0.3, 0.4) is 0 Å². The molecule has 1 amide bonds. The SMILES string of the molecule is CCOc1ccc2nc(N(CCCN3CCOCC3)C(=O)C3CCCN3S(=O)(=O)c3cccs3)sc2c1. The van der Waals surface area contributed by atoms with E-state index in [2.05, 4.69) is 4.90 Å². The molecular formula is C25H32N4O5S3. The van der Waals surface area contributed by atoms with Gasteiger partial charge in [-0.25, -0.2) is 13.4 Å². The minimum absolute atomic E-state index is 0.205. The molecule has 2 aromatic heterocycles. The van der Waals surface area contributed by atoms with E-state index in [4.69, 9.17) is 14.5 Å². The number of sulfonamides is 1. The van der Waals surface area contributed by atoms with Gasteiger partial charge in [0.25, 0.3) is 10.0 Å². The number of rotatable bonds is 10. The van der Waals surface area contributed by atoms with Crippen LogP contribution in [0.25, 0.3) is 10.2 Å². The zero-order valence-corrected chi connectivity index (χ0v) is 23.3. The number of nitrogens with zero attached hydrogens (tertiary/aromatic N) is 4. The van der Waals surface area contributed by atoms with E-state index in [1.54, 1.807) is 22.4 Å². The Labute approximate surface area is 225 Å². The molecule has 1 unspecified atom stereocenters. The number of anilines is 1. The summed E-state index contributed by atoms with van der Waals surface area (Å²) in [7, 11) is -3.73. The van der Waals surface area contributed by atoms with Crippen LogP contribution in [0.4, 0.5) is 5.13 Å². The number of thiazole rings is 1. The molecule has 2 aliphatic rings. The lowest BCUT2D eigenvalue weighted by Crippen LogP contribution is -2.48. The molecule has 0 bridgehead atoms. The minimum atomic E-state index is -3.73. The van der Waals surface area contributed by atoms with Crippen molar-refractivity contribution in [2.75, 3.05) is 57.4 Å². The van der Waals surface area contributed by atoms with Crippen molar-refractivity contribution in [3.63, 3.8) is 0 Å². The Hall–Kier alpha value is -2.09. The standard InChI is InChI=1S/C25H32N4O5S3/c1-2-34-19-8-9-20-22(18-19)36-25(26-20)28(11-5-10-27-13-15-33-16-14-27)24(30)21-6-3-12-29(21)37(31,32)23-7-4-17-35-23/h4,7-9,17-18,21H,2-3,5-6,10-16H2,1H3. The summed E-state index contributed by atoms with van der Waals surface area (Å²) in [5.41, 5.74) is 0.795. The van der Waals surface area contributed by atoms with E-state index < -0.39 is 16.1 Å². The number of amides is 1. The molecule has 200 valence electrons. The van der Waals surface area contributed by atoms with Gasteiger partial charge in [-0.05, 0) is 55.8 Å². The molecule has 0 spiro atoms. The highest BCUT2D eigenvalue weighted by atomic mass is 32.2. The van der Waals surface area contributed by atoms with E-state index in [1.165, 1.54) is 27.0 Å². The number of thiophene rings is 1. The Balaban J connectivity index is 1.41. The Morgan fingerprint density at radius 2 is 2.08 bits per heavy atom. The third-order valence-corrected chi connectivity index (χ3v) is 11.0. The molecule has 2 saturated heterocycles. The van der Waals surface area contributed by atoms with Crippen molar-refractivity contribution in [3.8, 4) is 5.75 Å². The van der Waals surface area contributed by atoms with E-state index in [1.807, 2.05) is 25.1 Å². The largest absolute Gasteiger partial charge is 0.494 e. The maximum absolute atomic E-state index is 14.0. The molecule has 0 N–H and O–H groups in total. The second-order valence-electron chi connectivity index (χ2n) is 9.06. The monoisotopic (exact) mass is 564 g/mol. The average Bonchev–Trinajstić information content (AvgIpc) is 3.67. The summed E-state index contributed by atoms with van der Waals surface area (Å²) in [5, 5.41) is 2.34. The van der Waals surface area contributed by atoms with Crippen LogP contribution >= 0.6 is 22.7 Å². The molecular weight excluding hydrogens is 532 g/mol. The summed E-state index contributed by atoms with van der Waals surface area (Å²) in [6, 6.07) is 8.32. The van der Waals surface area contributed by atoms with Gasteiger partial charge in [-0.1, -0.05) is 17.4 Å². The van der Waals surface area contributed by atoms with Gasteiger partial charge in [-0.15, -0.1) is 11.3 Å². The van der Waals surface area contributed by atoms with E-state index >= 15 is 0 Å². The van der Waals surface area contributed by atoms with Gasteiger partial charge in [0, 0.05) is 32.7 Å². The third kappa shape index (κ3) is 5.84. The first-order valence-electron chi connectivity index (χ1n) is 12.7. The molecule has 37 heavy (non-hydrogen) atoms. The number of hydrogen-bond acceptors (Lipinski definition) is 9. The van der Waals surface area contributed by atoms with Crippen LogP contribution in [0, 0.1) is 0 Å². The van der Waals surface area contributed by atoms with Crippen molar-refractivity contribution in [2.45, 2.75) is 36.4 Å². The summed E-state index contributed by atoms with van der Waals surface area (Å²) >= 11 is 2.62. The maximum atomic E-state index is 14.0. The zero-order valence-electron chi connectivity index (χ0n) is 20.9. The highest BCUT2D eigenvalue weighted by Crippen LogP contribution is 2.35. The van der Waals surface area contributed by atoms with Crippen molar-refractivity contribution < 1.29 is 22.7 Å². The lowest BCUT2D eigenvalue weighted by Gasteiger charge is -2.30. The predicted octanol–water partition coefficient (Wildman–Crippen LogP) is 3.67. The Morgan fingerprint density at radius 1 is 1.24 bits per heavy atom. The molecule has 9 nitrogen and oxygen atoms in total. The summed E-state index contributed by atoms with van der Waals surface area (Å²) in [4.78, 5) is 22.9. The van der Waals surface area contributed by atoms with Gasteiger partial charge in [-0.2, -0.15) is 4.31 Å². The second-order valence-corrected chi connectivity index (χ2v) is 13.1. The lowest BCUT2D eigenvalue weighted by molar-refractivity contribution is -0.121. The minimum Gasteiger partial charge on any atom is -0.494 e. The quantitative estimate of drug-likeness (QED) is 0.371. The Morgan fingerprint density at radius 3 is 2.84 bits per heavy atom. The first-order valence-corrected chi connectivity index (χ1v) is 15.8. The number of ether oxygens (including phenoxy) is 2. The number of benzene rings is 1. The van der Waals surface area contributed by atoms with Gasteiger partial charge in [0.1, 0.15) is 16.0 Å². The summed E-state index contributed by atoms with van der Waals surface area (Å²) in [5.74, 6) is 0.558. The summed E-state index contributed by atoms with van der Waals surface area (Å²) in [6.07, 6.45) is 1.92. The highest BCUT2D eigenvalue weighted by Gasteiger charge is 2.42. The topological polar surface area (TPSA) is 92.3 Å². The molecule has 4 heterocycles. The molecule has 3 aromatic rings. The lowest BCUT2D eigenvalue weighted by atomic mass is 10.2. The number of fused-ring (bicyclic) bond motifs is 1. The van der Waals surface area contributed by atoms with Gasteiger partial charge in [0.15, 0.2) is 5.13 Å². The number of hydrogen-bond donors (Lipinski definition) is 0. The van der Waals surface area contributed by atoms with Gasteiger partial charge in [0.05, 0.1) is 30.0 Å². The van der Waals surface area contributed by atoms with Crippen molar-refractivity contribution in [1.82, 2.24) is 14.2 Å². The summed E-state index contributed by atoms with van der Waals surface area (Å²) in [6.45, 7) is 7.37. The molecule has 1 atom stereocenters. The van der Waals surface area contributed by atoms with E-state index in [-0.39, 0.29) is 10.1 Å². The Bertz CT molecular complexity index is 1310. The average molecular weight is 565 g/mol. The van der Waals surface area contributed by atoms with E-state index in [0.29, 0.717) is 37.7 Å².